The molecule has 0 atom stereocenters. The molecular formula is C19H13F3N4O2. The Kier molecular flexibility index (Phi) is 4.34. The number of H-pyrrole nitrogens is 1. The number of nitrogens with zero attached hydrogens (tertiary/aromatic N) is 3. The second-order valence-corrected chi connectivity index (χ2v) is 5.86. The topological polar surface area (TPSA) is 72.3 Å². The molecule has 9 heteroatoms. The molecule has 0 radical (unpaired) electrons. The van der Waals surface area contributed by atoms with Crippen molar-refractivity contribution in [3.8, 4) is 28.4 Å². The summed E-state index contributed by atoms with van der Waals surface area (Å²) in [5.74, 6) is -4.30. The van der Waals surface area contributed by atoms with Crippen molar-refractivity contribution in [2.24, 2.45) is 0 Å². The van der Waals surface area contributed by atoms with E-state index in [1.165, 1.54) is 0 Å². The highest BCUT2D eigenvalue weighted by molar-refractivity contribution is 5.90. The molecule has 0 saturated carbocycles. The lowest BCUT2D eigenvalue weighted by Crippen LogP contribution is -2.19. The van der Waals surface area contributed by atoms with E-state index in [1.807, 2.05) is 0 Å². The third-order valence-corrected chi connectivity index (χ3v) is 4.08. The van der Waals surface area contributed by atoms with Gasteiger partial charge in [0.2, 0.25) is 0 Å². The standard InChI is InChI=1S/C19H13F3N4O2/c1-2-28-18-23-17-14(11-8-12(20)15(22)13(21)9-11)16(10-6-4-3-5-7-10)25-26(17)19(27)24-18/h3-9H,2H2,1H3,(H,23,24,27). The van der Waals surface area contributed by atoms with Crippen LogP contribution in [-0.2, 0) is 0 Å². The summed E-state index contributed by atoms with van der Waals surface area (Å²) in [4.78, 5) is 19.1. The summed E-state index contributed by atoms with van der Waals surface area (Å²) in [7, 11) is 0. The van der Waals surface area contributed by atoms with E-state index in [0.29, 0.717) is 5.56 Å². The highest BCUT2D eigenvalue weighted by Crippen LogP contribution is 2.35. The molecule has 28 heavy (non-hydrogen) atoms. The zero-order valence-electron chi connectivity index (χ0n) is 14.5. The summed E-state index contributed by atoms with van der Waals surface area (Å²) in [6.45, 7) is 1.95. The predicted octanol–water partition coefficient (Wildman–Crippen LogP) is 3.57. The van der Waals surface area contributed by atoms with Crippen LogP contribution in [0.25, 0.3) is 28.0 Å². The van der Waals surface area contributed by atoms with Gasteiger partial charge in [-0.25, -0.2) is 18.0 Å². The fourth-order valence-electron chi connectivity index (χ4n) is 2.89. The van der Waals surface area contributed by atoms with Crippen LogP contribution in [-0.4, -0.2) is 26.2 Å². The van der Waals surface area contributed by atoms with Gasteiger partial charge in [0, 0.05) is 5.56 Å². The van der Waals surface area contributed by atoms with Crippen molar-refractivity contribution in [1.29, 1.82) is 0 Å². The van der Waals surface area contributed by atoms with Gasteiger partial charge in [-0.3, -0.25) is 4.98 Å². The van der Waals surface area contributed by atoms with Gasteiger partial charge in [-0.1, -0.05) is 30.3 Å². The van der Waals surface area contributed by atoms with E-state index < -0.39 is 23.1 Å². The third kappa shape index (κ3) is 2.90. The van der Waals surface area contributed by atoms with Crippen LogP contribution < -0.4 is 10.4 Å². The predicted molar refractivity (Wildman–Crippen MR) is 95.5 cm³/mol. The number of hydrogen-bond acceptors (Lipinski definition) is 4. The van der Waals surface area contributed by atoms with Crippen LogP contribution in [0.2, 0.25) is 0 Å². The highest BCUT2D eigenvalue weighted by Gasteiger charge is 2.22. The quantitative estimate of drug-likeness (QED) is 0.545. The van der Waals surface area contributed by atoms with Crippen LogP contribution >= 0.6 is 0 Å². The maximum Gasteiger partial charge on any atom is 0.352 e. The minimum absolute atomic E-state index is 0.00852. The molecule has 4 rings (SSSR count). The third-order valence-electron chi connectivity index (χ3n) is 4.08. The first-order valence-electron chi connectivity index (χ1n) is 8.35. The normalized spacial score (nSPS) is 11.1. The Hall–Kier alpha value is -3.62. The van der Waals surface area contributed by atoms with E-state index in [2.05, 4.69) is 15.1 Å². The van der Waals surface area contributed by atoms with Gasteiger partial charge in [0.05, 0.1) is 12.2 Å². The molecule has 142 valence electrons. The molecular weight excluding hydrogens is 373 g/mol. The monoisotopic (exact) mass is 386 g/mol. The van der Waals surface area contributed by atoms with Crippen LogP contribution in [0, 0.1) is 17.5 Å². The molecule has 4 aromatic rings. The maximum absolute atomic E-state index is 13.9. The van der Waals surface area contributed by atoms with Gasteiger partial charge in [0.25, 0.3) is 6.01 Å². The van der Waals surface area contributed by atoms with Crippen LogP contribution in [0.1, 0.15) is 6.92 Å². The molecule has 2 aromatic carbocycles. The van der Waals surface area contributed by atoms with Crippen molar-refractivity contribution in [1.82, 2.24) is 19.6 Å². The molecule has 0 fully saturated rings. The number of halogens is 3. The number of rotatable bonds is 4. The average Bonchev–Trinajstić information content (AvgIpc) is 3.07. The number of nitrogens with one attached hydrogen (secondary N) is 1. The van der Waals surface area contributed by atoms with Gasteiger partial charge in [-0.15, -0.1) is 0 Å². The first-order chi connectivity index (χ1) is 13.5. The first kappa shape index (κ1) is 17.8. The molecule has 0 saturated heterocycles. The molecule has 0 unspecified atom stereocenters. The van der Waals surface area contributed by atoms with Crippen LogP contribution in [0.4, 0.5) is 13.2 Å². The number of ether oxygens (including phenoxy) is 1. The lowest BCUT2D eigenvalue weighted by Gasteiger charge is -2.06. The Bertz CT molecular complexity index is 1210. The van der Waals surface area contributed by atoms with Crippen molar-refractivity contribution >= 4 is 5.65 Å². The average molecular weight is 386 g/mol. The molecule has 2 aromatic heterocycles. The van der Waals surface area contributed by atoms with Gasteiger partial charge in [-0.2, -0.15) is 14.6 Å². The minimum Gasteiger partial charge on any atom is -0.465 e. The maximum atomic E-state index is 13.9. The van der Waals surface area contributed by atoms with Crippen molar-refractivity contribution in [2.75, 3.05) is 6.61 Å². The number of benzene rings is 2. The van der Waals surface area contributed by atoms with E-state index in [-0.39, 0.29) is 35.1 Å². The number of aromatic nitrogens is 4. The fourth-order valence-corrected chi connectivity index (χ4v) is 2.89. The van der Waals surface area contributed by atoms with Gasteiger partial charge in [0.1, 0.15) is 5.69 Å². The molecule has 6 nitrogen and oxygen atoms in total. The molecule has 0 amide bonds. The summed E-state index contributed by atoms with van der Waals surface area (Å²) in [5, 5.41) is 4.26. The molecule has 2 heterocycles. The van der Waals surface area contributed by atoms with Crippen molar-refractivity contribution < 1.29 is 17.9 Å². The Morgan fingerprint density at radius 3 is 2.39 bits per heavy atom. The molecule has 0 spiro atoms. The van der Waals surface area contributed by atoms with Gasteiger partial charge in [-0.05, 0) is 24.6 Å². The fraction of sp³-hybridized carbons (Fsp3) is 0.105. The number of aromatic amines is 1. The first-order valence-corrected chi connectivity index (χ1v) is 8.35. The lowest BCUT2D eigenvalue weighted by atomic mass is 10.0. The summed E-state index contributed by atoms with van der Waals surface area (Å²) in [6, 6.07) is 10.3. The molecule has 0 bridgehead atoms. The Morgan fingerprint density at radius 1 is 1.07 bits per heavy atom. The van der Waals surface area contributed by atoms with Crippen LogP contribution in [0.3, 0.4) is 0 Å². The van der Waals surface area contributed by atoms with Crippen LogP contribution in [0.5, 0.6) is 6.01 Å². The highest BCUT2D eigenvalue weighted by atomic mass is 19.2. The zero-order chi connectivity index (χ0) is 19.8. The lowest BCUT2D eigenvalue weighted by molar-refractivity contribution is 0.310. The molecule has 1 N–H and O–H groups in total. The number of fused-ring (bicyclic) bond motifs is 1. The smallest absolute Gasteiger partial charge is 0.352 e. The Morgan fingerprint density at radius 2 is 1.75 bits per heavy atom. The van der Waals surface area contributed by atoms with E-state index >= 15 is 0 Å². The van der Waals surface area contributed by atoms with E-state index in [0.717, 1.165) is 16.6 Å². The molecule has 0 aliphatic rings. The van der Waals surface area contributed by atoms with E-state index in [9.17, 15) is 18.0 Å². The second-order valence-electron chi connectivity index (χ2n) is 5.86. The molecule has 0 aliphatic carbocycles. The number of hydrogen-bond donors (Lipinski definition) is 1. The van der Waals surface area contributed by atoms with Gasteiger partial charge >= 0.3 is 5.69 Å². The summed E-state index contributed by atoms with van der Waals surface area (Å²) < 4.78 is 47.5. The SMILES string of the molecule is CCOc1nc2c(-c3cc(F)c(F)c(F)c3)c(-c3ccccc3)nn2c(=O)[nH]1. The molecule has 0 aliphatic heterocycles. The largest absolute Gasteiger partial charge is 0.465 e. The summed E-state index contributed by atoms with van der Waals surface area (Å²) in [5.41, 5.74) is 0.404. The summed E-state index contributed by atoms with van der Waals surface area (Å²) >= 11 is 0. The minimum atomic E-state index is -1.58. The van der Waals surface area contributed by atoms with Gasteiger partial charge in [0.15, 0.2) is 23.1 Å². The zero-order valence-corrected chi connectivity index (χ0v) is 14.5. The van der Waals surface area contributed by atoms with E-state index in [4.69, 9.17) is 4.74 Å². The Labute approximate surface area is 156 Å². The summed E-state index contributed by atoms with van der Waals surface area (Å²) in [6.07, 6.45) is 0. The van der Waals surface area contributed by atoms with Crippen molar-refractivity contribution in [3.63, 3.8) is 0 Å². The Balaban J connectivity index is 2.10. The van der Waals surface area contributed by atoms with Crippen molar-refractivity contribution in [2.45, 2.75) is 6.92 Å². The van der Waals surface area contributed by atoms with Gasteiger partial charge < -0.3 is 4.74 Å². The van der Waals surface area contributed by atoms with E-state index in [1.54, 1.807) is 37.3 Å². The van der Waals surface area contributed by atoms with Crippen molar-refractivity contribution in [3.05, 3.63) is 70.4 Å². The second kappa shape index (κ2) is 6.84. The van der Waals surface area contributed by atoms with Crippen LogP contribution in [0.15, 0.2) is 47.3 Å².